The van der Waals surface area contributed by atoms with Gasteiger partial charge < -0.3 is 39.2 Å². The Labute approximate surface area is 202 Å². The highest BCUT2D eigenvalue weighted by atomic mass is 16.5. The van der Waals surface area contributed by atoms with Gasteiger partial charge in [0.15, 0.2) is 34.5 Å². The molecule has 0 unspecified atom stereocenters. The number of aromatic hydroxyl groups is 2. The number of hydrogen-bond donors (Lipinski definition) is 4. The summed E-state index contributed by atoms with van der Waals surface area (Å²) in [4.78, 5) is 0. The van der Waals surface area contributed by atoms with Crippen molar-refractivity contribution in [3.63, 3.8) is 0 Å². The van der Waals surface area contributed by atoms with Gasteiger partial charge in [0.2, 0.25) is 0 Å². The molecule has 0 aromatic heterocycles. The highest BCUT2D eigenvalue weighted by Gasteiger charge is 2.20. The molecule has 0 atom stereocenters. The largest absolute Gasteiger partial charge is 0.504 e. The quantitative estimate of drug-likeness (QED) is 0.304. The first-order valence-corrected chi connectivity index (χ1v) is 9.95. The zero-order chi connectivity index (χ0) is 26.1. The first-order valence-electron chi connectivity index (χ1n) is 9.95. The van der Waals surface area contributed by atoms with Crippen molar-refractivity contribution in [3.8, 4) is 57.8 Å². The molecule has 0 bridgehead atoms. The second kappa shape index (κ2) is 12.0. The van der Waals surface area contributed by atoms with Crippen LogP contribution >= 0.6 is 0 Å². The van der Waals surface area contributed by atoms with E-state index in [1.165, 1.54) is 34.5 Å². The van der Waals surface area contributed by atoms with Crippen LogP contribution in [0.25, 0.3) is 11.1 Å². The minimum Gasteiger partial charge on any atom is -0.504 e. The van der Waals surface area contributed by atoms with E-state index in [1.807, 2.05) is 12.1 Å². The molecule has 0 spiro atoms. The maximum atomic E-state index is 9.85. The van der Waals surface area contributed by atoms with Crippen LogP contribution in [-0.4, -0.2) is 55.8 Å². The lowest BCUT2D eigenvalue weighted by Crippen LogP contribution is -2.29. The molecule has 0 radical (unpaired) electrons. The van der Waals surface area contributed by atoms with Crippen molar-refractivity contribution < 1.29 is 39.2 Å². The summed E-state index contributed by atoms with van der Waals surface area (Å²) in [6, 6.07) is 14.4. The molecule has 4 N–H and O–H groups in total. The smallest absolute Gasteiger partial charge is 0.488 e. The van der Waals surface area contributed by atoms with E-state index < -0.39 is 18.6 Å². The van der Waals surface area contributed by atoms with Gasteiger partial charge in [0.05, 0.1) is 40.1 Å². The minimum absolute atomic E-state index is 0.0686. The molecule has 0 heterocycles. The number of nitriles is 2. The number of rotatable bonds is 6. The predicted molar refractivity (Wildman–Crippen MR) is 127 cm³/mol. The maximum Gasteiger partial charge on any atom is 0.488 e. The molecule has 3 aromatic rings. The van der Waals surface area contributed by atoms with Crippen molar-refractivity contribution in [3.05, 3.63) is 53.6 Å². The zero-order valence-electron chi connectivity index (χ0n) is 19.4. The molecular weight excluding hydrogens is 455 g/mol. The number of ether oxygens (including phenoxy) is 4. The number of phenolic OH excluding ortho intramolecular Hbond substituents is 2. The third kappa shape index (κ3) is 5.87. The van der Waals surface area contributed by atoms with Gasteiger partial charge in [0.25, 0.3) is 0 Å². The lowest BCUT2D eigenvalue weighted by Gasteiger charge is -2.13. The summed E-state index contributed by atoms with van der Waals surface area (Å²) in [6.07, 6.45) is 0. The molecule has 180 valence electrons. The van der Waals surface area contributed by atoms with Crippen LogP contribution in [0.1, 0.15) is 11.1 Å². The van der Waals surface area contributed by atoms with Crippen molar-refractivity contribution in [2.75, 3.05) is 28.4 Å². The minimum atomic E-state index is -1.49. The molecule has 0 saturated carbocycles. The molecular formula is C24H23BN2O8. The Hall–Kier alpha value is -4.58. The number of phenols is 2. The van der Waals surface area contributed by atoms with Crippen molar-refractivity contribution in [1.29, 1.82) is 10.5 Å². The fraction of sp³-hybridized carbons (Fsp3) is 0.167. The van der Waals surface area contributed by atoms with Crippen molar-refractivity contribution in [1.82, 2.24) is 0 Å². The lowest BCUT2D eigenvalue weighted by atomic mass is 9.80. The molecule has 0 aliphatic heterocycles. The third-order valence-corrected chi connectivity index (χ3v) is 4.89. The van der Waals surface area contributed by atoms with Crippen LogP contribution in [0.5, 0.6) is 34.5 Å². The summed E-state index contributed by atoms with van der Waals surface area (Å²) < 4.78 is 20.3. The van der Waals surface area contributed by atoms with Gasteiger partial charge in [-0.15, -0.1) is 0 Å². The van der Waals surface area contributed by atoms with Crippen LogP contribution in [0.3, 0.4) is 0 Å². The van der Waals surface area contributed by atoms with Crippen LogP contribution in [0.2, 0.25) is 0 Å². The average Bonchev–Trinajstić information content (AvgIpc) is 2.89. The Bertz CT molecular complexity index is 1280. The van der Waals surface area contributed by atoms with Gasteiger partial charge in [0, 0.05) is 11.6 Å². The normalized spacial score (nSPS) is 9.60. The van der Waals surface area contributed by atoms with Gasteiger partial charge in [-0.2, -0.15) is 10.5 Å². The van der Waals surface area contributed by atoms with Gasteiger partial charge in [0.1, 0.15) is 11.6 Å². The predicted octanol–water partition coefficient (Wildman–Crippen LogP) is 1.91. The van der Waals surface area contributed by atoms with Gasteiger partial charge in [-0.05, 0) is 35.3 Å². The van der Waals surface area contributed by atoms with Gasteiger partial charge in [-0.3, -0.25) is 0 Å². The molecule has 0 aliphatic carbocycles. The Morgan fingerprint density at radius 2 is 1.26 bits per heavy atom. The first kappa shape index (κ1) is 26.7. The first-order chi connectivity index (χ1) is 16.8. The van der Waals surface area contributed by atoms with Gasteiger partial charge >= 0.3 is 7.12 Å². The van der Waals surface area contributed by atoms with Crippen LogP contribution in [-0.2, 0) is 0 Å². The standard InChI is InChI=1S/C16H12N2O4.C8H11BO4/c1-21-13-4-3-9(6-14(13)22-2)15-10(7-17)5-12(19)16(20)11(15)8-18;1-12-7-4-3-6(9(10)11)5-8(7)13-2/h3-6,19-20H,1-2H3;3-5,10-11H,1-2H3. The second-order valence-electron chi connectivity index (χ2n) is 6.82. The Morgan fingerprint density at radius 3 is 1.74 bits per heavy atom. The van der Waals surface area contributed by atoms with E-state index in [0.29, 0.717) is 34.0 Å². The SMILES string of the molecule is COc1ccc(-c2c(C#N)cc(O)c(O)c2C#N)cc1OC.COc1ccc(B(O)O)cc1OC. The van der Waals surface area contributed by atoms with Gasteiger partial charge in [-0.1, -0.05) is 12.1 Å². The number of methoxy groups -OCH3 is 4. The molecule has 35 heavy (non-hydrogen) atoms. The highest BCUT2D eigenvalue weighted by Crippen LogP contribution is 2.41. The van der Waals surface area contributed by atoms with Crippen LogP contribution in [0, 0.1) is 22.7 Å². The molecule has 0 amide bonds. The lowest BCUT2D eigenvalue weighted by molar-refractivity contribution is 0.355. The topological polar surface area (TPSA) is 165 Å². The fourth-order valence-electron chi connectivity index (χ4n) is 3.16. The summed E-state index contributed by atoms with van der Waals surface area (Å²) in [5.41, 5.74) is 0.975. The van der Waals surface area contributed by atoms with Crippen molar-refractivity contribution >= 4 is 12.6 Å². The summed E-state index contributed by atoms with van der Waals surface area (Å²) in [6.45, 7) is 0. The van der Waals surface area contributed by atoms with E-state index in [-0.39, 0.29) is 16.7 Å². The molecule has 0 fully saturated rings. The maximum absolute atomic E-state index is 9.85. The van der Waals surface area contributed by atoms with E-state index in [4.69, 9.17) is 29.0 Å². The van der Waals surface area contributed by atoms with E-state index >= 15 is 0 Å². The molecule has 0 aliphatic rings. The average molecular weight is 478 g/mol. The van der Waals surface area contributed by atoms with E-state index in [9.17, 15) is 20.7 Å². The van der Waals surface area contributed by atoms with E-state index in [1.54, 1.807) is 30.3 Å². The monoisotopic (exact) mass is 478 g/mol. The second-order valence-corrected chi connectivity index (χ2v) is 6.82. The summed E-state index contributed by atoms with van der Waals surface area (Å²) in [5.74, 6) is 0.871. The molecule has 3 aromatic carbocycles. The summed E-state index contributed by atoms with van der Waals surface area (Å²) >= 11 is 0. The number of benzene rings is 3. The fourth-order valence-corrected chi connectivity index (χ4v) is 3.16. The van der Waals surface area contributed by atoms with Crippen LogP contribution < -0.4 is 24.4 Å². The Morgan fingerprint density at radius 1 is 0.714 bits per heavy atom. The number of nitrogens with zero attached hydrogens (tertiary/aromatic N) is 2. The summed E-state index contributed by atoms with van der Waals surface area (Å²) in [7, 11) is 4.48. The Balaban J connectivity index is 0.000000283. The molecule has 11 heteroatoms. The van der Waals surface area contributed by atoms with Crippen molar-refractivity contribution in [2.45, 2.75) is 0 Å². The highest BCUT2D eigenvalue weighted by molar-refractivity contribution is 6.58. The van der Waals surface area contributed by atoms with Crippen LogP contribution in [0.4, 0.5) is 0 Å². The molecule has 10 nitrogen and oxygen atoms in total. The summed E-state index contributed by atoms with van der Waals surface area (Å²) in [5, 5.41) is 55.7. The Kier molecular flexibility index (Phi) is 9.18. The van der Waals surface area contributed by atoms with E-state index in [0.717, 1.165) is 6.07 Å². The molecule has 0 saturated heterocycles. The third-order valence-electron chi connectivity index (χ3n) is 4.89. The zero-order valence-corrected chi connectivity index (χ0v) is 19.4. The van der Waals surface area contributed by atoms with Crippen LogP contribution in [0.15, 0.2) is 42.5 Å². The molecule has 3 rings (SSSR count). The van der Waals surface area contributed by atoms with E-state index in [2.05, 4.69) is 0 Å². The number of hydrogen-bond acceptors (Lipinski definition) is 10. The van der Waals surface area contributed by atoms with Gasteiger partial charge in [-0.25, -0.2) is 0 Å². The van der Waals surface area contributed by atoms with Crippen molar-refractivity contribution in [2.24, 2.45) is 0 Å².